The Morgan fingerprint density at radius 2 is 1.81 bits per heavy atom. The number of carbonyl (C=O) groups excluding carboxylic acids is 2. The Labute approximate surface area is 125 Å². The predicted molar refractivity (Wildman–Crippen MR) is 80.3 cm³/mol. The molecule has 1 aromatic rings. The summed E-state index contributed by atoms with van der Waals surface area (Å²) in [6.45, 7) is 6.44. The Morgan fingerprint density at radius 1 is 1.19 bits per heavy atom. The number of esters is 1. The van der Waals surface area contributed by atoms with Crippen LogP contribution in [0.15, 0.2) is 24.3 Å². The average molecular weight is 293 g/mol. The van der Waals surface area contributed by atoms with Gasteiger partial charge in [-0.05, 0) is 43.5 Å². The van der Waals surface area contributed by atoms with Crippen LogP contribution in [0, 0.1) is 5.92 Å². The molecule has 0 fully saturated rings. The van der Waals surface area contributed by atoms with Gasteiger partial charge < -0.3 is 14.8 Å². The van der Waals surface area contributed by atoms with Crippen molar-refractivity contribution in [3.8, 4) is 5.75 Å². The monoisotopic (exact) mass is 293 g/mol. The second kappa shape index (κ2) is 8.29. The molecule has 21 heavy (non-hydrogen) atoms. The van der Waals surface area contributed by atoms with Gasteiger partial charge in [0.15, 0.2) is 0 Å². The van der Waals surface area contributed by atoms with E-state index in [-0.39, 0.29) is 11.8 Å². The van der Waals surface area contributed by atoms with E-state index in [0.717, 1.165) is 0 Å². The third kappa shape index (κ3) is 5.45. The van der Waals surface area contributed by atoms with E-state index < -0.39 is 12.0 Å². The van der Waals surface area contributed by atoms with Gasteiger partial charge >= 0.3 is 5.97 Å². The zero-order chi connectivity index (χ0) is 15.8. The lowest BCUT2D eigenvalue weighted by molar-refractivity contribution is -0.143. The molecule has 1 aromatic carbocycles. The van der Waals surface area contributed by atoms with Gasteiger partial charge in [0.2, 0.25) is 0 Å². The maximum absolute atomic E-state index is 12.2. The maximum Gasteiger partial charge on any atom is 0.328 e. The lowest BCUT2D eigenvalue weighted by Gasteiger charge is -2.18. The van der Waals surface area contributed by atoms with E-state index in [1.54, 1.807) is 24.3 Å². The highest BCUT2D eigenvalue weighted by Gasteiger charge is 2.23. The molecule has 0 radical (unpaired) electrons. The molecule has 0 aliphatic carbocycles. The van der Waals surface area contributed by atoms with Crippen LogP contribution in [-0.2, 0) is 9.53 Å². The molecule has 0 bridgehead atoms. The number of methoxy groups -OCH3 is 1. The SMILES string of the molecule is CCOc1ccc(C(=O)N[C@H](CC(C)C)C(=O)OC)cc1. The van der Waals surface area contributed by atoms with Crippen LogP contribution >= 0.6 is 0 Å². The number of amides is 1. The lowest BCUT2D eigenvalue weighted by atomic mass is 10.0. The largest absolute Gasteiger partial charge is 0.494 e. The summed E-state index contributed by atoms with van der Waals surface area (Å²) in [7, 11) is 1.32. The van der Waals surface area contributed by atoms with Crippen LogP contribution < -0.4 is 10.1 Å². The average Bonchev–Trinajstić information content (AvgIpc) is 2.46. The van der Waals surface area contributed by atoms with E-state index in [1.165, 1.54) is 7.11 Å². The van der Waals surface area contributed by atoms with Crippen molar-refractivity contribution in [1.29, 1.82) is 0 Å². The number of hydrogen-bond acceptors (Lipinski definition) is 4. The summed E-state index contributed by atoms with van der Waals surface area (Å²) < 4.78 is 10.1. The molecular formula is C16H23NO4. The first-order chi connectivity index (χ1) is 9.97. The second-order valence-electron chi connectivity index (χ2n) is 5.14. The summed E-state index contributed by atoms with van der Waals surface area (Å²) in [4.78, 5) is 23.9. The van der Waals surface area contributed by atoms with Crippen LogP contribution in [0.1, 0.15) is 37.6 Å². The Kier molecular flexibility index (Phi) is 6.72. The van der Waals surface area contributed by atoms with Gasteiger partial charge in [-0.3, -0.25) is 4.79 Å². The van der Waals surface area contributed by atoms with Crippen molar-refractivity contribution in [2.24, 2.45) is 5.92 Å². The summed E-state index contributed by atoms with van der Waals surface area (Å²) >= 11 is 0. The Hall–Kier alpha value is -2.04. The maximum atomic E-state index is 12.2. The normalized spacial score (nSPS) is 11.9. The van der Waals surface area contributed by atoms with Crippen molar-refractivity contribution < 1.29 is 19.1 Å². The van der Waals surface area contributed by atoms with Crippen LogP contribution in [-0.4, -0.2) is 31.6 Å². The Morgan fingerprint density at radius 3 is 2.29 bits per heavy atom. The zero-order valence-corrected chi connectivity index (χ0v) is 13.0. The van der Waals surface area contributed by atoms with Crippen LogP contribution in [0.5, 0.6) is 5.75 Å². The summed E-state index contributed by atoms with van der Waals surface area (Å²) in [6, 6.07) is 6.17. The molecule has 1 N–H and O–H groups in total. The third-order valence-corrected chi connectivity index (χ3v) is 2.93. The molecule has 0 spiro atoms. The van der Waals surface area contributed by atoms with Gasteiger partial charge in [-0.1, -0.05) is 13.8 Å². The molecule has 5 nitrogen and oxygen atoms in total. The van der Waals surface area contributed by atoms with Gasteiger partial charge in [0, 0.05) is 5.56 Å². The third-order valence-electron chi connectivity index (χ3n) is 2.93. The van der Waals surface area contributed by atoms with Gasteiger partial charge in [0.25, 0.3) is 5.91 Å². The van der Waals surface area contributed by atoms with Crippen molar-refractivity contribution in [2.45, 2.75) is 33.2 Å². The van der Waals surface area contributed by atoms with Gasteiger partial charge in [-0.15, -0.1) is 0 Å². The van der Waals surface area contributed by atoms with E-state index >= 15 is 0 Å². The second-order valence-corrected chi connectivity index (χ2v) is 5.14. The molecule has 116 valence electrons. The lowest BCUT2D eigenvalue weighted by Crippen LogP contribution is -2.42. The first-order valence-corrected chi connectivity index (χ1v) is 7.09. The van der Waals surface area contributed by atoms with Gasteiger partial charge in [0.05, 0.1) is 13.7 Å². The molecular weight excluding hydrogens is 270 g/mol. The van der Waals surface area contributed by atoms with Crippen LogP contribution in [0.3, 0.4) is 0 Å². The van der Waals surface area contributed by atoms with Crippen molar-refractivity contribution in [3.63, 3.8) is 0 Å². The molecule has 5 heteroatoms. The minimum absolute atomic E-state index is 0.273. The number of benzene rings is 1. The molecule has 0 aliphatic rings. The molecule has 0 saturated heterocycles. The molecule has 1 rings (SSSR count). The molecule has 1 atom stereocenters. The fourth-order valence-corrected chi connectivity index (χ4v) is 1.94. The molecule has 0 aliphatic heterocycles. The van der Waals surface area contributed by atoms with Gasteiger partial charge in [0.1, 0.15) is 11.8 Å². The fourth-order valence-electron chi connectivity index (χ4n) is 1.94. The van der Waals surface area contributed by atoms with Crippen molar-refractivity contribution in [1.82, 2.24) is 5.32 Å². The van der Waals surface area contributed by atoms with E-state index in [4.69, 9.17) is 9.47 Å². The van der Waals surface area contributed by atoms with Crippen LogP contribution in [0.2, 0.25) is 0 Å². The number of carbonyl (C=O) groups is 2. The Balaban J connectivity index is 2.74. The zero-order valence-electron chi connectivity index (χ0n) is 13.0. The van der Waals surface area contributed by atoms with E-state index in [0.29, 0.717) is 24.3 Å². The minimum atomic E-state index is -0.630. The number of ether oxygens (including phenoxy) is 2. The van der Waals surface area contributed by atoms with E-state index in [1.807, 2.05) is 20.8 Å². The molecule has 0 unspecified atom stereocenters. The summed E-state index contributed by atoms with van der Waals surface area (Å²) in [5.74, 6) is 0.257. The van der Waals surface area contributed by atoms with Crippen molar-refractivity contribution >= 4 is 11.9 Å². The molecule has 0 saturated carbocycles. The standard InChI is InChI=1S/C16H23NO4/c1-5-21-13-8-6-12(7-9-13)15(18)17-14(10-11(2)3)16(19)20-4/h6-9,11,14H,5,10H2,1-4H3,(H,17,18)/t14-/m1/s1. The first kappa shape index (κ1) is 17.0. The summed E-state index contributed by atoms with van der Waals surface area (Å²) in [5.41, 5.74) is 0.483. The number of hydrogen-bond donors (Lipinski definition) is 1. The highest BCUT2D eigenvalue weighted by Crippen LogP contribution is 2.13. The molecule has 0 aromatic heterocycles. The fraction of sp³-hybridized carbons (Fsp3) is 0.500. The highest BCUT2D eigenvalue weighted by molar-refractivity contribution is 5.96. The van der Waals surface area contributed by atoms with Crippen LogP contribution in [0.4, 0.5) is 0 Å². The summed E-state index contributed by atoms with van der Waals surface area (Å²) in [6.07, 6.45) is 0.537. The van der Waals surface area contributed by atoms with Gasteiger partial charge in [-0.25, -0.2) is 4.79 Å². The molecule has 1 amide bonds. The van der Waals surface area contributed by atoms with Crippen molar-refractivity contribution in [2.75, 3.05) is 13.7 Å². The minimum Gasteiger partial charge on any atom is -0.494 e. The highest BCUT2D eigenvalue weighted by atomic mass is 16.5. The number of rotatable bonds is 7. The molecule has 0 heterocycles. The summed E-state index contributed by atoms with van der Waals surface area (Å²) in [5, 5.41) is 2.71. The van der Waals surface area contributed by atoms with Crippen molar-refractivity contribution in [3.05, 3.63) is 29.8 Å². The first-order valence-electron chi connectivity index (χ1n) is 7.09. The predicted octanol–water partition coefficient (Wildman–Crippen LogP) is 2.40. The topological polar surface area (TPSA) is 64.6 Å². The van der Waals surface area contributed by atoms with Gasteiger partial charge in [-0.2, -0.15) is 0 Å². The smallest absolute Gasteiger partial charge is 0.328 e. The van der Waals surface area contributed by atoms with E-state index in [9.17, 15) is 9.59 Å². The Bertz CT molecular complexity index is 468. The van der Waals surface area contributed by atoms with Crippen LogP contribution in [0.25, 0.3) is 0 Å². The number of nitrogens with one attached hydrogen (secondary N) is 1. The quantitative estimate of drug-likeness (QED) is 0.784. The van der Waals surface area contributed by atoms with E-state index in [2.05, 4.69) is 5.32 Å².